The smallest absolute Gasteiger partial charge is 0.0806 e. The van der Waals surface area contributed by atoms with Crippen LogP contribution >= 0.6 is 0 Å². The zero-order valence-electron chi connectivity index (χ0n) is 13.0. The van der Waals surface area contributed by atoms with E-state index in [9.17, 15) is 0 Å². The third kappa shape index (κ3) is 4.11. The van der Waals surface area contributed by atoms with Gasteiger partial charge >= 0.3 is 0 Å². The molecular weight excluding hydrogens is 254 g/mol. The maximum atomic E-state index is 3.97. The Hall–Kier alpha value is -1.26. The topological polar surface area (TPSA) is 12.0 Å². The summed E-state index contributed by atoms with van der Waals surface area (Å²) in [5, 5.41) is 3.97. The molecular formula is C20H27N. The Morgan fingerprint density at radius 3 is 2.24 bits per heavy atom. The molecule has 1 aromatic carbocycles. The van der Waals surface area contributed by atoms with Crippen molar-refractivity contribution in [2.24, 2.45) is 0 Å². The number of hydrogen-bond donors (Lipinski definition) is 1. The molecule has 0 bridgehead atoms. The van der Waals surface area contributed by atoms with Crippen molar-refractivity contribution in [3.8, 4) is 11.8 Å². The summed E-state index contributed by atoms with van der Waals surface area (Å²) < 4.78 is 0. The highest BCUT2D eigenvalue weighted by atomic mass is 15.0. The first-order valence-electron chi connectivity index (χ1n) is 8.72. The Kier molecular flexibility index (Phi) is 4.99. The maximum Gasteiger partial charge on any atom is 0.0806 e. The molecule has 2 saturated carbocycles. The van der Waals surface area contributed by atoms with E-state index >= 15 is 0 Å². The Bertz CT molecular complexity index is 482. The van der Waals surface area contributed by atoms with Crippen LogP contribution in [0.25, 0.3) is 0 Å². The highest BCUT2D eigenvalue weighted by Gasteiger charge is 2.32. The zero-order valence-corrected chi connectivity index (χ0v) is 13.0. The molecule has 0 aliphatic heterocycles. The molecule has 1 N–H and O–H groups in total. The lowest BCUT2D eigenvalue weighted by molar-refractivity contribution is 0.240. The van der Waals surface area contributed by atoms with Crippen molar-refractivity contribution >= 4 is 0 Å². The molecule has 1 heteroatoms. The molecule has 3 rings (SSSR count). The Morgan fingerprint density at radius 1 is 0.857 bits per heavy atom. The van der Waals surface area contributed by atoms with E-state index < -0.39 is 0 Å². The van der Waals surface area contributed by atoms with Crippen molar-refractivity contribution in [3.63, 3.8) is 0 Å². The summed E-state index contributed by atoms with van der Waals surface area (Å²) in [6, 6.07) is 11.1. The van der Waals surface area contributed by atoms with Crippen LogP contribution in [-0.4, -0.2) is 11.6 Å². The lowest BCUT2D eigenvalue weighted by Crippen LogP contribution is -2.51. The van der Waals surface area contributed by atoms with Gasteiger partial charge in [0.1, 0.15) is 0 Å². The largest absolute Gasteiger partial charge is 0.298 e. The molecule has 0 spiro atoms. The summed E-state index contributed by atoms with van der Waals surface area (Å²) in [7, 11) is 0. The van der Waals surface area contributed by atoms with E-state index in [-0.39, 0.29) is 5.54 Å². The first-order valence-corrected chi connectivity index (χ1v) is 8.72. The van der Waals surface area contributed by atoms with E-state index in [0.29, 0.717) is 6.04 Å². The van der Waals surface area contributed by atoms with Gasteiger partial charge in [-0.05, 0) is 37.8 Å². The summed E-state index contributed by atoms with van der Waals surface area (Å²) in [6.45, 7) is 0. The first kappa shape index (κ1) is 14.7. The van der Waals surface area contributed by atoms with Gasteiger partial charge < -0.3 is 0 Å². The van der Waals surface area contributed by atoms with Gasteiger partial charge in [0.25, 0.3) is 0 Å². The average Bonchev–Trinajstić information content (AvgIpc) is 2.56. The van der Waals surface area contributed by atoms with Crippen molar-refractivity contribution in [1.82, 2.24) is 5.32 Å². The van der Waals surface area contributed by atoms with Gasteiger partial charge in [0.2, 0.25) is 0 Å². The quantitative estimate of drug-likeness (QED) is 0.777. The molecule has 0 atom stereocenters. The predicted octanol–water partition coefficient (Wildman–Crippen LogP) is 4.66. The van der Waals surface area contributed by atoms with Crippen LogP contribution in [0.4, 0.5) is 0 Å². The van der Waals surface area contributed by atoms with Crippen molar-refractivity contribution in [2.45, 2.75) is 75.8 Å². The van der Waals surface area contributed by atoms with E-state index in [2.05, 4.69) is 47.5 Å². The van der Waals surface area contributed by atoms with E-state index in [1.54, 1.807) is 0 Å². The summed E-state index contributed by atoms with van der Waals surface area (Å²) >= 11 is 0. The number of rotatable bonds is 2. The van der Waals surface area contributed by atoms with Gasteiger partial charge in [-0.1, -0.05) is 68.6 Å². The van der Waals surface area contributed by atoms with Gasteiger partial charge in [0.15, 0.2) is 0 Å². The standard InChI is InChI=1S/C20H27N/c1-4-10-18(11-5-1)14-17-20(15-8-3-9-16-20)21-19-12-6-2-7-13-19/h1,4-5,10-11,19,21H,2-3,6-9,12-13,15-16H2. The summed E-state index contributed by atoms with van der Waals surface area (Å²) in [5.74, 6) is 7.07. The molecule has 1 aromatic rings. The molecule has 112 valence electrons. The van der Waals surface area contributed by atoms with E-state index in [1.807, 2.05) is 0 Å². The minimum Gasteiger partial charge on any atom is -0.298 e. The third-order valence-electron chi connectivity index (χ3n) is 5.01. The van der Waals surface area contributed by atoms with Gasteiger partial charge in [-0.25, -0.2) is 0 Å². The average molecular weight is 281 g/mol. The predicted molar refractivity (Wildman–Crippen MR) is 89.1 cm³/mol. The van der Waals surface area contributed by atoms with Crippen LogP contribution in [0.2, 0.25) is 0 Å². The van der Waals surface area contributed by atoms with Crippen LogP contribution in [0, 0.1) is 11.8 Å². The van der Waals surface area contributed by atoms with E-state index in [1.165, 1.54) is 64.2 Å². The van der Waals surface area contributed by atoms with Crippen molar-refractivity contribution in [3.05, 3.63) is 35.9 Å². The summed E-state index contributed by atoms with van der Waals surface area (Å²) in [4.78, 5) is 0. The monoisotopic (exact) mass is 281 g/mol. The molecule has 21 heavy (non-hydrogen) atoms. The number of benzene rings is 1. The zero-order chi connectivity index (χ0) is 14.4. The molecule has 0 aromatic heterocycles. The number of nitrogens with one attached hydrogen (secondary N) is 1. The molecule has 1 nitrogen and oxygen atoms in total. The fourth-order valence-electron chi connectivity index (χ4n) is 3.81. The fraction of sp³-hybridized carbons (Fsp3) is 0.600. The number of hydrogen-bond acceptors (Lipinski definition) is 1. The molecule has 0 saturated heterocycles. The second kappa shape index (κ2) is 7.14. The molecule has 2 aliphatic rings. The second-order valence-electron chi connectivity index (χ2n) is 6.74. The Balaban J connectivity index is 1.74. The maximum absolute atomic E-state index is 3.97. The van der Waals surface area contributed by atoms with Gasteiger partial charge in [-0.2, -0.15) is 0 Å². The SMILES string of the molecule is C(#CC1(NC2CCCCC2)CCCCC1)c1ccccc1. The van der Waals surface area contributed by atoms with Crippen molar-refractivity contribution in [2.75, 3.05) is 0 Å². The second-order valence-corrected chi connectivity index (χ2v) is 6.74. The minimum atomic E-state index is 0.0795. The van der Waals surface area contributed by atoms with Crippen LogP contribution in [0.15, 0.2) is 30.3 Å². The third-order valence-corrected chi connectivity index (χ3v) is 5.01. The molecule has 0 heterocycles. The van der Waals surface area contributed by atoms with Crippen LogP contribution in [0.3, 0.4) is 0 Å². The first-order chi connectivity index (χ1) is 10.4. The van der Waals surface area contributed by atoms with E-state index in [0.717, 1.165) is 5.56 Å². The lowest BCUT2D eigenvalue weighted by atomic mass is 9.80. The summed E-state index contributed by atoms with van der Waals surface area (Å²) in [6.07, 6.45) is 13.4. The van der Waals surface area contributed by atoms with Crippen molar-refractivity contribution in [1.29, 1.82) is 0 Å². The van der Waals surface area contributed by atoms with Crippen LogP contribution in [0.5, 0.6) is 0 Å². The van der Waals surface area contributed by atoms with Crippen LogP contribution < -0.4 is 5.32 Å². The van der Waals surface area contributed by atoms with Crippen LogP contribution in [0.1, 0.15) is 69.8 Å². The molecule has 2 aliphatic carbocycles. The Morgan fingerprint density at radius 2 is 1.52 bits per heavy atom. The Labute approximate surface area is 129 Å². The lowest BCUT2D eigenvalue weighted by Gasteiger charge is -2.38. The molecule has 0 unspecified atom stereocenters. The fourth-order valence-corrected chi connectivity index (χ4v) is 3.81. The molecule has 0 amide bonds. The normalized spacial score (nSPS) is 22.3. The minimum absolute atomic E-state index is 0.0795. The van der Waals surface area contributed by atoms with Gasteiger partial charge in [-0.15, -0.1) is 0 Å². The van der Waals surface area contributed by atoms with Crippen molar-refractivity contribution < 1.29 is 0 Å². The highest BCUT2D eigenvalue weighted by molar-refractivity contribution is 5.37. The molecule has 0 radical (unpaired) electrons. The van der Waals surface area contributed by atoms with Gasteiger partial charge in [0.05, 0.1) is 5.54 Å². The van der Waals surface area contributed by atoms with Crippen LogP contribution in [-0.2, 0) is 0 Å². The van der Waals surface area contributed by atoms with Gasteiger partial charge in [0, 0.05) is 11.6 Å². The van der Waals surface area contributed by atoms with E-state index in [4.69, 9.17) is 0 Å². The molecule has 2 fully saturated rings. The summed E-state index contributed by atoms with van der Waals surface area (Å²) in [5.41, 5.74) is 1.23. The van der Waals surface area contributed by atoms with Gasteiger partial charge in [-0.3, -0.25) is 5.32 Å². The highest BCUT2D eigenvalue weighted by Crippen LogP contribution is 2.30.